The van der Waals surface area contributed by atoms with Crippen molar-refractivity contribution in [2.45, 2.75) is 25.7 Å². The van der Waals surface area contributed by atoms with Crippen molar-refractivity contribution in [1.82, 2.24) is 19.7 Å². The van der Waals surface area contributed by atoms with Crippen molar-refractivity contribution in [2.75, 3.05) is 11.9 Å². The summed E-state index contributed by atoms with van der Waals surface area (Å²) in [6, 6.07) is 6.19. The zero-order valence-corrected chi connectivity index (χ0v) is 14.9. The minimum atomic E-state index is -4.55. The highest BCUT2D eigenvalue weighted by atomic mass is 19.4. The number of hydrogen-bond acceptors (Lipinski definition) is 6. The lowest BCUT2D eigenvalue weighted by molar-refractivity contribution is -0.141. The molecule has 1 aromatic carbocycles. The molecule has 0 fully saturated rings. The SMILES string of the molecule is Cc1cc(Nc2nccc(C(F)(F)F)n2)cc(-c2cnn(CC(O)CO)c2)c1. The summed E-state index contributed by atoms with van der Waals surface area (Å²) in [4.78, 5) is 7.34. The summed E-state index contributed by atoms with van der Waals surface area (Å²) >= 11 is 0. The maximum atomic E-state index is 12.8. The van der Waals surface area contributed by atoms with E-state index in [1.807, 2.05) is 13.0 Å². The number of anilines is 2. The Morgan fingerprint density at radius 3 is 2.71 bits per heavy atom. The van der Waals surface area contributed by atoms with Gasteiger partial charge in [0, 0.05) is 23.6 Å². The minimum Gasteiger partial charge on any atom is -0.394 e. The highest BCUT2D eigenvalue weighted by Gasteiger charge is 2.32. The molecule has 0 saturated carbocycles. The van der Waals surface area contributed by atoms with Gasteiger partial charge in [-0.25, -0.2) is 9.97 Å². The lowest BCUT2D eigenvalue weighted by Gasteiger charge is -2.10. The third kappa shape index (κ3) is 4.84. The first-order chi connectivity index (χ1) is 13.2. The fourth-order valence-electron chi connectivity index (χ4n) is 2.61. The number of rotatable bonds is 6. The van der Waals surface area contributed by atoms with Gasteiger partial charge in [-0.15, -0.1) is 0 Å². The molecule has 2 heterocycles. The number of alkyl halides is 3. The zero-order chi connectivity index (χ0) is 20.3. The Balaban J connectivity index is 1.84. The quantitative estimate of drug-likeness (QED) is 0.596. The van der Waals surface area contributed by atoms with Crippen LogP contribution < -0.4 is 5.32 Å². The van der Waals surface area contributed by atoms with E-state index >= 15 is 0 Å². The molecular weight excluding hydrogens is 375 g/mol. The van der Waals surface area contributed by atoms with E-state index < -0.39 is 18.0 Å². The topological polar surface area (TPSA) is 96.1 Å². The molecular formula is C18H18F3N5O2. The summed E-state index contributed by atoms with van der Waals surface area (Å²) in [6.07, 6.45) is -1.11. The molecule has 0 aliphatic carbocycles. The van der Waals surface area contributed by atoms with Gasteiger partial charge in [0.15, 0.2) is 0 Å². The summed E-state index contributed by atoms with van der Waals surface area (Å²) in [5, 5.41) is 25.4. The van der Waals surface area contributed by atoms with Crippen molar-refractivity contribution in [3.05, 3.63) is 54.1 Å². The Bertz CT molecular complexity index is 958. The molecule has 10 heteroatoms. The Labute approximate surface area is 158 Å². The van der Waals surface area contributed by atoms with Crippen molar-refractivity contribution in [2.24, 2.45) is 0 Å². The number of aromatic nitrogens is 4. The van der Waals surface area contributed by atoms with Crippen molar-refractivity contribution in [3.8, 4) is 11.1 Å². The van der Waals surface area contributed by atoms with Crippen LogP contribution in [0.2, 0.25) is 0 Å². The molecule has 0 radical (unpaired) electrons. The fourth-order valence-corrected chi connectivity index (χ4v) is 2.61. The van der Waals surface area contributed by atoms with Crippen LogP contribution in [0.5, 0.6) is 0 Å². The van der Waals surface area contributed by atoms with Gasteiger partial charge in [0.05, 0.1) is 25.5 Å². The number of halogens is 3. The van der Waals surface area contributed by atoms with Gasteiger partial charge in [-0.05, 0) is 36.2 Å². The van der Waals surface area contributed by atoms with E-state index in [0.717, 1.165) is 29.0 Å². The number of hydrogen-bond donors (Lipinski definition) is 3. The molecule has 0 saturated heterocycles. The van der Waals surface area contributed by atoms with Gasteiger partial charge in [-0.2, -0.15) is 18.3 Å². The maximum Gasteiger partial charge on any atom is 0.433 e. The first-order valence-corrected chi connectivity index (χ1v) is 8.35. The molecule has 0 aliphatic rings. The van der Waals surface area contributed by atoms with E-state index in [1.165, 1.54) is 4.68 Å². The first-order valence-electron chi connectivity index (χ1n) is 8.35. The van der Waals surface area contributed by atoms with Crippen LogP contribution in [0.1, 0.15) is 11.3 Å². The van der Waals surface area contributed by atoms with Gasteiger partial charge in [0.1, 0.15) is 5.69 Å². The van der Waals surface area contributed by atoms with Crippen LogP contribution in [0.25, 0.3) is 11.1 Å². The first kappa shape index (κ1) is 19.8. The van der Waals surface area contributed by atoms with E-state index in [2.05, 4.69) is 20.4 Å². The normalized spacial score (nSPS) is 12.8. The molecule has 3 N–H and O–H groups in total. The molecule has 1 unspecified atom stereocenters. The number of aryl methyl sites for hydroxylation is 1. The van der Waals surface area contributed by atoms with E-state index in [0.29, 0.717) is 5.69 Å². The van der Waals surface area contributed by atoms with Gasteiger partial charge in [-0.3, -0.25) is 4.68 Å². The Hall–Kier alpha value is -2.98. The number of nitrogens with zero attached hydrogens (tertiary/aromatic N) is 4. The summed E-state index contributed by atoms with van der Waals surface area (Å²) < 4.78 is 39.9. The monoisotopic (exact) mass is 393 g/mol. The lowest BCUT2D eigenvalue weighted by atomic mass is 10.1. The van der Waals surface area contributed by atoms with E-state index in [-0.39, 0.29) is 19.1 Å². The van der Waals surface area contributed by atoms with Crippen LogP contribution >= 0.6 is 0 Å². The van der Waals surface area contributed by atoms with Crippen LogP contribution in [-0.4, -0.2) is 42.7 Å². The van der Waals surface area contributed by atoms with Crippen molar-refractivity contribution in [3.63, 3.8) is 0 Å². The van der Waals surface area contributed by atoms with Crippen LogP contribution in [0.15, 0.2) is 42.9 Å². The van der Waals surface area contributed by atoms with Gasteiger partial charge in [0.25, 0.3) is 0 Å². The predicted octanol–water partition coefficient (Wildman–Crippen LogP) is 2.76. The van der Waals surface area contributed by atoms with E-state index in [4.69, 9.17) is 5.11 Å². The largest absolute Gasteiger partial charge is 0.433 e. The average Bonchev–Trinajstić information content (AvgIpc) is 3.09. The highest BCUT2D eigenvalue weighted by Crippen LogP contribution is 2.29. The zero-order valence-electron chi connectivity index (χ0n) is 14.9. The third-order valence-corrected chi connectivity index (χ3v) is 3.85. The highest BCUT2D eigenvalue weighted by molar-refractivity contribution is 5.70. The Kier molecular flexibility index (Phi) is 5.61. The molecule has 0 spiro atoms. The Morgan fingerprint density at radius 1 is 1.21 bits per heavy atom. The second kappa shape index (κ2) is 7.95. The van der Waals surface area contributed by atoms with Crippen molar-refractivity contribution < 1.29 is 23.4 Å². The molecule has 148 valence electrons. The van der Waals surface area contributed by atoms with Crippen LogP contribution in [0, 0.1) is 6.92 Å². The fraction of sp³-hybridized carbons (Fsp3) is 0.278. The molecule has 3 aromatic rings. The Morgan fingerprint density at radius 2 is 2.00 bits per heavy atom. The van der Waals surface area contributed by atoms with Gasteiger partial charge in [0.2, 0.25) is 5.95 Å². The summed E-state index contributed by atoms with van der Waals surface area (Å²) in [5.41, 5.74) is 1.90. The average molecular weight is 393 g/mol. The van der Waals surface area contributed by atoms with Crippen LogP contribution in [0.3, 0.4) is 0 Å². The standard InChI is InChI=1S/C18H18F3N5O2/c1-11-4-12(13-7-23-26(8-13)9-15(28)10-27)6-14(5-11)24-17-22-3-2-16(25-17)18(19,20)21/h2-8,15,27-28H,9-10H2,1H3,(H,22,24,25). The lowest BCUT2D eigenvalue weighted by Crippen LogP contribution is -2.19. The van der Waals surface area contributed by atoms with Crippen molar-refractivity contribution in [1.29, 1.82) is 0 Å². The molecule has 0 aliphatic heterocycles. The summed E-state index contributed by atoms with van der Waals surface area (Å²) in [5.74, 6) is -0.159. The van der Waals surface area contributed by atoms with Crippen molar-refractivity contribution >= 4 is 11.6 Å². The van der Waals surface area contributed by atoms with E-state index in [1.54, 1.807) is 24.5 Å². The van der Waals surface area contributed by atoms with Crippen LogP contribution in [-0.2, 0) is 12.7 Å². The molecule has 1 atom stereocenters. The summed E-state index contributed by atoms with van der Waals surface area (Å²) in [6.45, 7) is 1.62. The molecule has 7 nitrogen and oxygen atoms in total. The van der Waals surface area contributed by atoms with Gasteiger partial charge < -0.3 is 15.5 Å². The third-order valence-electron chi connectivity index (χ3n) is 3.85. The number of aliphatic hydroxyl groups excluding tert-OH is 2. The number of nitrogens with one attached hydrogen (secondary N) is 1. The van der Waals surface area contributed by atoms with Gasteiger partial charge >= 0.3 is 6.18 Å². The molecule has 2 aromatic heterocycles. The minimum absolute atomic E-state index is 0.144. The smallest absolute Gasteiger partial charge is 0.394 e. The summed E-state index contributed by atoms with van der Waals surface area (Å²) in [7, 11) is 0. The number of aliphatic hydroxyl groups is 2. The van der Waals surface area contributed by atoms with Crippen LogP contribution in [0.4, 0.5) is 24.8 Å². The predicted molar refractivity (Wildman–Crippen MR) is 95.8 cm³/mol. The molecule has 0 bridgehead atoms. The molecule has 3 rings (SSSR count). The second-order valence-electron chi connectivity index (χ2n) is 6.26. The maximum absolute atomic E-state index is 12.8. The second-order valence-corrected chi connectivity index (χ2v) is 6.26. The van der Waals surface area contributed by atoms with Gasteiger partial charge in [-0.1, -0.05) is 6.07 Å². The molecule has 0 amide bonds. The molecule has 28 heavy (non-hydrogen) atoms. The van der Waals surface area contributed by atoms with E-state index in [9.17, 15) is 18.3 Å². The number of benzene rings is 1.